The summed E-state index contributed by atoms with van der Waals surface area (Å²) in [7, 11) is 1.59. The lowest BCUT2D eigenvalue weighted by molar-refractivity contribution is -0.118. The molecule has 1 amide bonds. The van der Waals surface area contributed by atoms with Crippen LogP contribution in [0.1, 0.15) is 54.6 Å². The molecule has 5 rings (SSSR count). The summed E-state index contributed by atoms with van der Waals surface area (Å²) in [4.78, 5) is 24.2. The van der Waals surface area contributed by atoms with Gasteiger partial charge in [-0.1, -0.05) is 35.9 Å². The van der Waals surface area contributed by atoms with Gasteiger partial charge in [-0.3, -0.25) is 14.7 Å². The molecule has 2 atom stereocenters. The molecule has 3 heterocycles. The summed E-state index contributed by atoms with van der Waals surface area (Å²) < 4.78 is 11.7. The number of hydrogen-bond acceptors (Lipinski definition) is 6. The van der Waals surface area contributed by atoms with Crippen molar-refractivity contribution in [2.75, 3.05) is 12.0 Å². The second kappa shape index (κ2) is 10.7. The van der Waals surface area contributed by atoms with Gasteiger partial charge in [-0.25, -0.2) is 4.98 Å². The number of carbonyl (C=O) groups excluding carboxylic acids is 1. The SMILES string of the molecule is COc1cc2c(cc1OC(C)C)C(c1ccc(Cl)cc1)N(c1ccc([C@@](C)(O)c3cccnc3)cn1)C(=O)C2. The molecular formula is C31H30ClN3O4. The second-order valence-electron chi connectivity index (χ2n) is 9.98. The maximum absolute atomic E-state index is 13.7. The van der Waals surface area contributed by atoms with Crippen LogP contribution in [-0.4, -0.2) is 34.2 Å². The van der Waals surface area contributed by atoms with Crippen LogP contribution >= 0.6 is 11.6 Å². The summed E-state index contributed by atoms with van der Waals surface area (Å²) in [6.45, 7) is 5.61. The van der Waals surface area contributed by atoms with Crippen LogP contribution in [0.25, 0.3) is 0 Å². The molecular weight excluding hydrogens is 514 g/mol. The molecule has 0 fully saturated rings. The van der Waals surface area contributed by atoms with Gasteiger partial charge in [0.15, 0.2) is 11.5 Å². The number of carbonyl (C=O) groups is 1. The van der Waals surface area contributed by atoms with E-state index in [2.05, 4.69) is 9.97 Å². The Kier molecular flexibility index (Phi) is 7.30. The van der Waals surface area contributed by atoms with E-state index in [1.807, 2.05) is 56.3 Å². The summed E-state index contributed by atoms with van der Waals surface area (Å²) in [6, 6.07) is 18.0. The maximum atomic E-state index is 13.7. The molecule has 200 valence electrons. The van der Waals surface area contributed by atoms with E-state index in [0.717, 1.165) is 16.7 Å². The zero-order valence-electron chi connectivity index (χ0n) is 22.3. The van der Waals surface area contributed by atoms with Crippen LogP contribution in [0.3, 0.4) is 0 Å². The number of anilines is 1. The number of aromatic nitrogens is 2. The van der Waals surface area contributed by atoms with Gasteiger partial charge >= 0.3 is 0 Å². The van der Waals surface area contributed by atoms with Crippen LogP contribution in [0.2, 0.25) is 5.02 Å². The lowest BCUT2D eigenvalue weighted by Gasteiger charge is -2.37. The molecule has 7 nitrogen and oxygen atoms in total. The fourth-order valence-corrected chi connectivity index (χ4v) is 5.06. The van der Waals surface area contributed by atoms with E-state index < -0.39 is 11.6 Å². The molecule has 1 N–H and O–H groups in total. The number of benzene rings is 2. The van der Waals surface area contributed by atoms with Crippen LogP contribution in [0, 0.1) is 0 Å². The first-order valence-electron chi connectivity index (χ1n) is 12.7. The van der Waals surface area contributed by atoms with E-state index in [-0.39, 0.29) is 18.4 Å². The van der Waals surface area contributed by atoms with E-state index in [9.17, 15) is 9.90 Å². The second-order valence-corrected chi connectivity index (χ2v) is 10.4. The lowest BCUT2D eigenvalue weighted by Crippen LogP contribution is -2.41. The van der Waals surface area contributed by atoms with Crippen molar-refractivity contribution in [2.45, 2.75) is 44.9 Å². The molecule has 8 heteroatoms. The van der Waals surface area contributed by atoms with Crippen molar-refractivity contribution in [3.05, 3.63) is 112 Å². The molecule has 0 saturated heterocycles. The van der Waals surface area contributed by atoms with Crippen LogP contribution in [0.5, 0.6) is 11.5 Å². The van der Waals surface area contributed by atoms with Gasteiger partial charge in [0.05, 0.1) is 25.7 Å². The fourth-order valence-electron chi connectivity index (χ4n) is 4.93. The van der Waals surface area contributed by atoms with Crippen molar-refractivity contribution < 1.29 is 19.4 Å². The minimum Gasteiger partial charge on any atom is -0.493 e. The average molecular weight is 544 g/mol. The van der Waals surface area contributed by atoms with Gasteiger partial charge < -0.3 is 14.6 Å². The van der Waals surface area contributed by atoms with Crippen molar-refractivity contribution in [3.63, 3.8) is 0 Å². The number of rotatable bonds is 7. The summed E-state index contributed by atoms with van der Waals surface area (Å²) in [5.74, 6) is 1.55. The molecule has 0 bridgehead atoms. The van der Waals surface area contributed by atoms with E-state index in [4.69, 9.17) is 21.1 Å². The molecule has 1 unspecified atom stereocenters. The van der Waals surface area contributed by atoms with E-state index in [1.54, 1.807) is 55.7 Å². The number of ether oxygens (including phenoxy) is 2. The third-order valence-electron chi connectivity index (χ3n) is 6.92. The topological polar surface area (TPSA) is 84.8 Å². The zero-order valence-corrected chi connectivity index (χ0v) is 23.0. The van der Waals surface area contributed by atoms with E-state index in [1.165, 1.54) is 0 Å². The lowest BCUT2D eigenvalue weighted by atomic mass is 9.87. The van der Waals surface area contributed by atoms with Gasteiger partial charge in [0, 0.05) is 34.7 Å². The van der Waals surface area contributed by atoms with Crippen molar-refractivity contribution in [1.82, 2.24) is 9.97 Å². The van der Waals surface area contributed by atoms with E-state index >= 15 is 0 Å². The first-order chi connectivity index (χ1) is 18.7. The van der Waals surface area contributed by atoms with Gasteiger partial charge in [-0.2, -0.15) is 0 Å². The minimum absolute atomic E-state index is 0.0610. The molecule has 0 spiro atoms. The molecule has 2 aromatic carbocycles. The molecule has 2 aromatic heterocycles. The fraction of sp³-hybridized carbons (Fsp3) is 0.258. The predicted molar refractivity (Wildman–Crippen MR) is 150 cm³/mol. The largest absolute Gasteiger partial charge is 0.493 e. The Morgan fingerprint density at radius 2 is 1.79 bits per heavy atom. The van der Waals surface area contributed by atoms with Crippen LogP contribution in [0.4, 0.5) is 5.82 Å². The third-order valence-corrected chi connectivity index (χ3v) is 7.17. The van der Waals surface area contributed by atoms with Crippen molar-refractivity contribution in [3.8, 4) is 11.5 Å². The highest BCUT2D eigenvalue weighted by Crippen LogP contribution is 2.43. The number of halogens is 1. The molecule has 39 heavy (non-hydrogen) atoms. The number of aliphatic hydroxyl groups is 1. The highest BCUT2D eigenvalue weighted by Gasteiger charge is 2.37. The van der Waals surface area contributed by atoms with Crippen molar-refractivity contribution in [1.29, 1.82) is 0 Å². The Morgan fingerprint density at radius 3 is 2.41 bits per heavy atom. The summed E-state index contributed by atoms with van der Waals surface area (Å²) >= 11 is 6.21. The van der Waals surface area contributed by atoms with Crippen LogP contribution in [-0.2, 0) is 16.8 Å². The van der Waals surface area contributed by atoms with Crippen LogP contribution in [0.15, 0.2) is 79.3 Å². The number of fused-ring (bicyclic) bond motifs is 1. The number of nitrogens with zero attached hydrogens (tertiary/aromatic N) is 3. The zero-order chi connectivity index (χ0) is 27.7. The molecule has 4 aromatic rings. The first-order valence-corrected chi connectivity index (χ1v) is 13.1. The highest BCUT2D eigenvalue weighted by molar-refractivity contribution is 6.30. The average Bonchev–Trinajstić information content (AvgIpc) is 2.93. The van der Waals surface area contributed by atoms with Gasteiger partial charge in [-0.15, -0.1) is 0 Å². The molecule has 0 aliphatic carbocycles. The maximum Gasteiger partial charge on any atom is 0.233 e. The summed E-state index contributed by atoms with van der Waals surface area (Å²) in [5.41, 5.74) is 2.59. The number of methoxy groups -OCH3 is 1. The predicted octanol–water partition coefficient (Wildman–Crippen LogP) is 5.86. The Labute approximate surface area is 233 Å². The molecule has 1 aliphatic rings. The van der Waals surface area contributed by atoms with E-state index in [0.29, 0.717) is 33.5 Å². The van der Waals surface area contributed by atoms with Gasteiger partial charge in [0.1, 0.15) is 11.4 Å². The van der Waals surface area contributed by atoms with Gasteiger partial charge in [0.25, 0.3) is 0 Å². The summed E-state index contributed by atoms with van der Waals surface area (Å²) in [6.07, 6.45) is 5.00. The monoisotopic (exact) mass is 543 g/mol. The van der Waals surface area contributed by atoms with Gasteiger partial charge in [0.2, 0.25) is 5.91 Å². The molecule has 1 aliphatic heterocycles. The van der Waals surface area contributed by atoms with Crippen LogP contribution < -0.4 is 14.4 Å². The van der Waals surface area contributed by atoms with Crippen molar-refractivity contribution >= 4 is 23.3 Å². The molecule has 0 radical (unpaired) electrons. The Bertz CT molecular complexity index is 1470. The quantitative estimate of drug-likeness (QED) is 0.314. The van der Waals surface area contributed by atoms with Crippen molar-refractivity contribution in [2.24, 2.45) is 0 Å². The van der Waals surface area contributed by atoms with Gasteiger partial charge in [-0.05, 0) is 73.9 Å². The number of hydrogen-bond donors (Lipinski definition) is 1. The standard InChI is InChI=1S/C31H30ClN3O4/c1-19(2)39-27-16-25-21(14-26(27)38-4)15-29(36)35(30(25)20-7-10-24(32)11-8-20)28-12-9-23(18-34-28)31(3,37)22-6-5-13-33-17-22/h5-14,16-19,30,37H,15H2,1-4H3/t30?,31-/m0/s1. The third kappa shape index (κ3) is 5.20. The summed E-state index contributed by atoms with van der Waals surface area (Å²) in [5, 5.41) is 11.9. The normalized spacial score (nSPS) is 16.5. The number of amides is 1. The smallest absolute Gasteiger partial charge is 0.233 e. The molecule has 0 saturated carbocycles. The number of pyridine rings is 2. The Balaban J connectivity index is 1.61. The highest BCUT2D eigenvalue weighted by atomic mass is 35.5. The Morgan fingerprint density at radius 1 is 1.05 bits per heavy atom. The Hall–Kier alpha value is -3.94. The minimum atomic E-state index is -1.30. The first kappa shape index (κ1) is 26.7.